The van der Waals surface area contributed by atoms with E-state index in [-0.39, 0.29) is 5.69 Å². The van der Waals surface area contributed by atoms with Crippen LogP contribution in [0.25, 0.3) is 0 Å². The SMILES string of the molecule is COC(=O)C1(c2ccc([N+](=O)[O-])cc2)N=CN(Cc2ccccc2)C1(C)C. The Bertz CT molecular complexity index is 878. The second-order valence-corrected chi connectivity index (χ2v) is 6.92. The maximum Gasteiger partial charge on any atom is 0.340 e. The summed E-state index contributed by atoms with van der Waals surface area (Å²) in [7, 11) is 1.32. The van der Waals surface area contributed by atoms with Crippen molar-refractivity contribution in [1.29, 1.82) is 0 Å². The lowest BCUT2D eigenvalue weighted by Gasteiger charge is -2.42. The Hall–Kier alpha value is -3.22. The second kappa shape index (κ2) is 6.83. The molecule has 0 N–H and O–H groups in total. The highest BCUT2D eigenvalue weighted by atomic mass is 16.6. The molecular weight excluding hydrogens is 346 g/mol. The van der Waals surface area contributed by atoms with Gasteiger partial charge in [0.05, 0.1) is 23.9 Å². The van der Waals surface area contributed by atoms with E-state index in [0.717, 1.165) is 5.56 Å². The fourth-order valence-electron chi connectivity index (χ4n) is 3.51. The van der Waals surface area contributed by atoms with Crippen LogP contribution in [-0.4, -0.2) is 34.8 Å². The molecule has 0 aliphatic carbocycles. The summed E-state index contributed by atoms with van der Waals surface area (Å²) >= 11 is 0. The van der Waals surface area contributed by atoms with Crippen molar-refractivity contribution < 1.29 is 14.5 Å². The minimum absolute atomic E-state index is 0.0420. The van der Waals surface area contributed by atoms with E-state index in [9.17, 15) is 14.9 Å². The van der Waals surface area contributed by atoms with Crippen LogP contribution in [0.15, 0.2) is 59.6 Å². The highest BCUT2D eigenvalue weighted by Crippen LogP contribution is 2.45. The van der Waals surface area contributed by atoms with Crippen LogP contribution in [-0.2, 0) is 21.6 Å². The Morgan fingerprint density at radius 2 is 1.78 bits per heavy atom. The highest BCUT2D eigenvalue weighted by Gasteiger charge is 2.59. The summed E-state index contributed by atoms with van der Waals surface area (Å²) in [5.74, 6) is -0.506. The molecule has 7 heteroatoms. The lowest BCUT2D eigenvalue weighted by atomic mass is 9.74. The number of carbonyl (C=O) groups is 1. The molecule has 7 nitrogen and oxygen atoms in total. The van der Waals surface area contributed by atoms with Crippen LogP contribution in [0.1, 0.15) is 25.0 Å². The first kappa shape index (κ1) is 18.6. The summed E-state index contributed by atoms with van der Waals surface area (Å²) in [6.45, 7) is 4.41. The van der Waals surface area contributed by atoms with Crippen molar-refractivity contribution in [1.82, 2.24) is 4.90 Å². The van der Waals surface area contributed by atoms with E-state index in [2.05, 4.69) is 4.99 Å². The van der Waals surface area contributed by atoms with Gasteiger partial charge in [0.25, 0.3) is 5.69 Å². The van der Waals surface area contributed by atoms with Crippen molar-refractivity contribution in [3.8, 4) is 0 Å². The summed E-state index contributed by atoms with van der Waals surface area (Å²) in [5, 5.41) is 11.0. The standard InChI is InChI=1S/C20H21N3O4/c1-19(2)20(18(24)27-3,16-9-11-17(12-10-16)23(25)26)21-14-22(19)13-15-7-5-4-6-8-15/h4-12,14H,13H2,1-3H3. The molecule has 1 atom stereocenters. The van der Waals surface area contributed by atoms with Crippen molar-refractivity contribution >= 4 is 18.0 Å². The molecular formula is C20H21N3O4. The lowest BCUT2D eigenvalue weighted by molar-refractivity contribution is -0.384. The van der Waals surface area contributed by atoms with Gasteiger partial charge in [-0.1, -0.05) is 30.3 Å². The number of aliphatic imine (C=N–C) groups is 1. The number of nitro groups is 1. The molecule has 1 aliphatic rings. The third-order valence-electron chi connectivity index (χ3n) is 5.17. The maximum absolute atomic E-state index is 12.9. The Morgan fingerprint density at radius 3 is 2.33 bits per heavy atom. The van der Waals surface area contributed by atoms with Crippen molar-refractivity contribution in [2.75, 3.05) is 7.11 Å². The van der Waals surface area contributed by atoms with E-state index in [1.165, 1.54) is 19.2 Å². The molecule has 27 heavy (non-hydrogen) atoms. The zero-order valence-corrected chi connectivity index (χ0v) is 15.5. The van der Waals surface area contributed by atoms with Crippen LogP contribution >= 0.6 is 0 Å². The number of non-ortho nitro benzene ring substituents is 1. The van der Waals surface area contributed by atoms with Crippen LogP contribution < -0.4 is 0 Å². The first-order valence-electron chi connectivity index (χ1n) is 8.52. The summed E-state index contributed by atoms with van der Waals surface area (Å²) in [4.78, 5) is 29.9. The lowest BCUT2D eigenvalue weighted by Crippen LogP contribution is -2.56. The normalized spacial score (nSPS) is 20.5. The van der Waals surface area contributed by atoms with Gasteiger partial charge in [-0.2, -0.15) is 0 Å². The van der Waals surface area contributed by atoms with E-state index < -0.39 is 22.0 Å². The number of carbonyl (C=O) groups excluding carboxylic acids is 1. The van der Waals surface area contributed by atoms with Gasteiger partial charge >= 0.3 is 5.97 Å². The van der Waals surface area contributed by atoms with Gasteiger partial charge in [0.15, 0.2) is 0 Å². The van der Waals surface area contributed by atoms with Gasteiger partial charge in [0.2, 0.25) is 5.54 Å². The van der Waals surface area contributed by atoms with Crippen LogP contribution in [0.2, 0.25) is 0 Å². The first-order valence-corrected chi connectivity index (χ1v) is 8.52. The summed E-state index contributed by atoms with van der Waals surface area (Å²) in [6.07, 6.45) is 1.66. The molecule has 0 spiro atoms. The van der Waals surface area contributed by atoms with Crippen molar-refractivity contribution in [2.24, 2.45) is 4.99 Å². The molecule has 1 heterocycles. The average molecular weight is 367 g/mol. The van der Waals surface area contributed by atoms with E-state index in [0.29, 0.717) is 12.1 Å². The average Bonchev–Trinajstić information content (AvgIpc) is 2.93. The molecule has 0 saturated carbocycles. The number of hydrogen-bond acceptors (Lipinski definition) is 6. The number of hydrogen-bond donors (Lipinski definition) is 0. The third kappa shape index (κ3) is 2.95. The number of ether oxygens (including phenoxy) is 1. The maximum atomic E-state index is 12.9. The van der Waals surface area contributed by atoms with Gasteiger partial charge < -0.3 is 9.64 Å². The predicted octanol–water partition coefficient (Wildman–Crippen LogP) is 3.29. The Morgan fingerprint density at radius 1 is 1.15 bits per heavy atom. The van der Waals surface area contributed by atoms with Crippen molar-refractivity contribution in [3.05, 3.63) is 75.8 Å². The summed E-state index contributed by atoms with van der Waals surface area (Å²) in [5.41, 5.74) is -0.463. The first-order chi connectivity index (χ1) is 12.8. The molecule has 0 radical (unpaired) electrons. The van der Waals surface area contributed by atoms with Gasteiger partial charge in [-0.25, -0.2) is 9.79 Å². The molecule has 1 unspecified atom stereocenters. The molecule has 0 amide bonds. The van der Waals surface area contributed by atoms with Crippen LogP contribution in [0.5, 0.6) is 0 Å². The van der Waals surface area contributed by atoms with Crippen molar-refractivity contribution in [3.63, 3.8) is 0 Å². The van der Waals surface area contributed by atoms with Gasteiger partial charge in [-0.3, -0.25) is 10.1 Å². The minimum Gasteiger partial charge on any atom is -0.467 e. The Balaban J connectivity index is 2.03. The third-order valence-corrected chi connectivity index (χ3v) is 5.17. The quantitative estimate of drug-likeness (QED) is 0.460. The van der Waals surface area contributed by atoms with Gasteiger partial charge in [0.1, 0.15) is 0 Å². The number of nitrogens with zero attached hydrogens (tertiary/aromatic N) is 3. The predicted molar refractivity (Wildman–Crippen MR) is 101 cm³/mol. The zero-order chi connectivity index (χ0) is 19.7. The van der Waals surface area contributed by atoms with Gasteiger partial charge in [-0.05, 0) is 37.1 Å². The smallest absolute Gasteiger partial charge is 0.340 e. The minimum atomic E-state index is -1.31. The number of esters is 1. The number of methoxy groups -OCH3 is 1. The second-order valence-electron chi connectivity index (χ2n) is 6.92. The highest BCUT2D eigenvalue weighted by molar-refractivity contribution is 5.89. The molecule has 0 fully saturated rings. The molecule has 0 saturated heterocycles. The number of rotatable bonds is 5. The molecule has 2 aromatic rings. The molecule has 0 aromatic heterocycles. The number of benzene rings is 2. The Kier molecular flexibility index (Phi) is 4.70. The van der Waals surface area contributed by atoms with E-state index in [1.54, 1.807) is 18.5 Å². The molecule has 1 aliphatic heterocycles. The summed E-state index contributed by atoms with van der Waals surface area (Å²) in [6, 6.07) is 15.8. The van der Waals surface area contributed by atoms with Crippen molar-refractivity contribution in [2.45, 2.75) is 31.5 Å². The number of nitro benzene ring substituents is 1. The molecule has 2 aromatic carbocycles. The molecule has 3 rings (SSSR count). The molecule has 140 valence electrons. The van der Waals surface area contributed by atoms with Crippen LogP contribution in [0.3, 0.4) is 0 Å². The van der Waals surface area contributed by atoms with E-state index in [4.69, 9.17) is 4.74 Å². The molecule has 0 bridgehead atoms. The summed E-state index contributed by atoms with van der Waals surface area (Å²) < 4.78 is 5.09. The topological polar surface area (TPSA) is 85.0 Å². The van der Waals surface area contributed by atoms with Gasteiger partial charge in [0, 0.05) is 18.7 Å². The van der Waals surface area contributed by atoms with Gasteiger partial charge in [-0.15, -0.1) is 0 Å². The van der Waals surface area contributed by atoms with E-state index in [1.807, 2.05) is 49.1 Å². The monoisotopic (exact) mass is 367 g/mol. The fraction of sp³-hybridized carbons (Fsp3) is 0.300. The fourth-order valence-corrected chi connectivity index (χ4v) is 3.51. The van der Waals surface area contributed by atoms with E-state index >= 15 is 0 Å². The zero-order valence-electron chi connectivity index (χ0n) is 15.5. The van der Waals surface area contributed by atoms with Crippen LogP contribution in [0, 0.1) is 10.1 Å². The van der Waals surface area contributed by atoms with Crippen LogP contribution in [0.4, 0.5) is 5.69 Å². The largest absolute Gasteiger partial charge is 0.467 e. The Labute approximate surface area is 157 Å².